The van der Waals surface area contributed by atoms with Gasteiger partial charge >= 0.3 is 0 Å². The van der Waals surface area contributed by atoms with Crippen LogP contribution in [0.4, 0.5) is 5.69 Å². The molecule has 2 aromatic rings. The molecule has 5 nitrogen and oxygen atoms in total. The lowest BCUT2D eigenvalue weighted by Gasteiger charge is -2.23. The van der Waals surface area contributed by atoms with E-state index in [2.05, 4.69) is 10.6 Å². The number of hydrogen-bond acceptors (Lipinski definition) is 4. The number of anilines is 1. The van der Waals surface area contributed by atoms with Crippen LogP contribution >= 0.6 is 11.6 Å². The van der Waals surface area contributed by atoms with Crippen molar-refractivity contribution in [1.29, 1.82) is 0 Å². The molecular weight excluding hydrogens is 340 g/mol. The van der Waals surface area contributed by atoms with E-state index >= 15 is 0 Å². The largest absolute Gasteiger partial charge is 0.490 e. The molecule has 2 N–H and O–H groups in total. The number of ether oxygens (including phenoxy) is 1. The average Bonchev–Trinajstić information content (AvgIpc) is 2.62. The quantitative estimate of drug-likeness (QED) is 0.810. The Morgan fingerprint density at radius 2 is 2.04 bits per heavy atom. The number of halogens is 1. The molecule has 0 spiro atoms. The van der Waals surface area contributed by atoms with Crippen LogP contribution in [0.25, 0.3) is 11.1 Å². The van der Waals surface area contributed by atoms with Crippen LogP contribution in [0.1, 0.15) is 24.3 Å². The second-order valence-electron chi connectivity index (χ2n) is 6.20. The summed E-state index contributed by atoms with van der Waals surface area (Å²) in [5, 5.41) is 6.22. The van der Waals surface area contributed by atoms with Crippen LogP contribution in [0, 0.1) is 0 Å². The number of rotatable bonds is 2. The summed E-state index contributed by atoms with van der Waals surface area (Å²) in [5.41, 5.74) is 3.50. The molecule has 128 valence electrons. The summed E-state index contributed by atoms with van der Waals surface area (Å²) in [5.74, 6) is -0.118. The fourth-order valence-corrected chi connectivity index (χ4v) is 3.70. The highest BCUT2D eigenvalue weighted by molar-refractivity contribution is 6.34. The first-order chi connectivity index (χ1) is 12.1. The highest BCUT2D eigenvalue weighted by atomic mass is 35.5. The van der Waals surface area contributed by atoms with Crippen molar-refractivity contribution < 1.29 is 14.3 Å². The summed E-state index contributed by atoms with van der Waals surface area (Å²) < 4.78 is 5.69. The van der Waals surface area contributed by atoms with Crippen molar-refractivity contribution in [2.45, 2.75) is 18.8 Å². The molecule has 0 aliphatic carbocycles. The zero-order valence-corrected chi connectivity index (χ0v) is 14.2. The van der Waals surface area contributed by atoms with Gasteiger partial charge in [-0.2, -0.15) is 0 Å². The van der Waals surface area contributed by atoms with E-state index in [1.807, 2.05) is 36.4 Å². The molecule has 0 saturated carbocycles. The summed E-state index contributed by atoms with van der Waals surface area (Å²) >= 11 is 6.64. The smallest absolute Gasteiger partial charge is 0.234 e. The molecule has 2 aliphatic heterocycles. The number of carbonyl (C=O) groups is 2. The fraction of sp³-hybridized carbons (Fsp3) is 0.263. The first kappa shape index (κ1) is 16.0. The molecule has 25 heavy (non-hydrogen) atoms. The molecule has 0 aromatic heterocycles. The van der Waals surface area contributed by atoms with E-state index in [0.29, 0.717) is 24.5 Å². The van der Waals surface area contributed by atoms with Crippen molar-refractivity contribution in [2.24, 2.45) is 0 Å². The van der Waals surface area contributed by atoms with E-state index in [0.717, 1.165) is 34.7 Å². The molecule has 1 unspecified atom stereocenters. The molecule has 1 atom stereocenters. The van der Waals surface area contributed by atoms with Gasteiger partial charge in [-0.1, -0.05) is 35.9 Å². The van der Waals surface area contributed by atoms with E-state index in [4.69, 9.17) is 16.3 Å². The second kappa shape index (κ2) is 6.41. The van der Waals surface area contributed by atoms with Crippen LogP contribution in [-0.4, -0.2) is 25.0 Å². The molecular formula is C19H17ClN2O3. The zero-order chi connectivity index (χ0) is 17.4. The molecule has 4 rings (SSSR count). The molecule has 2 heterocycles. The Morgan fingerprint density at radius 3 is 2.88 bits per heavy atom. The number of imide groups is 1. The lowest BCUT2D eigenvalue weighted by atomic mass is 9.88. The number of nitrogens with one attached hydrogen (secondary N) is 2. The monoisotopic (exact) mass is 356 g/mol. The van der Waals surface area contributed by atoms with E-state index in [9.17, 15) is 9.59 Å². The maximum absolute atomic E-state index is 12.2. The van der Waals surface area contributed by atoms with Gasteiger partial charge in [-0.25, -0.2) is 0 Å². The highest BCUT2D eigenvalue weighted by Gasteiger charge is 2.30. The topological polar surface area (TPSA) is 67.4 Å². The van der Waals surface area contributed by atoms with Gasteiger partial charge in [0.2, 0.25) is 11.8 Å². The van der Waals surface area contributed by atoms with Crippen LogP contribution in [0.5, 0.6) is 5.75 Å². The number of benzene rings is 2. The maximum atomic E-state index is 12.2. The Morgan fingerprint density at radius 1 is 1.16 bits per heavy atom. The first-order valence-electron chi connectivity index (χ1n) is 8.26. The summed E-state index contributed by atoms with van der Waals surface area (Å²) in [4.78, 5) is 23.6. The van der Waals surface area contributed by atoms with Gasteiger partial charge in [-0.15, -0.1) is 0 Å². The number of amides is 2. The minimum Gasteiger partial charge on any atom is -0.490 e. The SMILES string of the molecule is O=C1CCC(c2cccc(-c3ccc4c(c3)OCCN4)c2Cl)C(=O)N1. The van der Waals surface area contributed by atoms with Crippen LogP contribution in [0.3, 0.4) is 0 Å². The second-order valence-corrected chi connectivity index (χ2v) is 6.58. The highest BCUT2D eigenvalue weighted by Crippen LogP contribution is 2.39. The van der Waals surface area contributed by atoms with Gasteiger partial charge in [0.15, 0.2) is 0 Å². The summed E-state index contributed by atoms with van der Waals surface area (Å²) in [7, 11) is 0. The van der Waals surface area contributed by atoms with Gasteiger partial charge in [-0.3, -0.25) is 14.9 Å². The van der Waals surface area contributed by atoms with Crippen molar-refractivity contribution in [2.75, 3.05) is 18.5 Å². The third kappa shape index (κ3) is 2.96. The Balaban J connectivity index is 1.72. The van der Waals surface area contributed by atoms with Gasteiger partial charge in [0, 0.05) is 18.5 Å². The maximum Gasteiger partial charge on any atom is 0.234 e. The van der Waals surface area contributed by atoms with E-state index < -0.39 is 5.92 Å². The minimum atomic E-state index is -0.402. The van der Waals surface area contributed by atoms with Gasteiger partial charge < -0.3 is 10.1 Å². The van der Waals surface area contributed by atoms with Crippen LogP contribution < -0.4 is 15.4 Å². The molecule has 0 bridgehead atoms. The third-order valence-corrected chi connectivity index (χ3v) is 5.03. The predicted octanol–water partition coefficient (Wildman–Crippen LogP) is 3.33. The zero-order valence-electron chi connectivity index (χ0n) is 13.5. The molecule has 6 heteroatoms. The number of fused-ring (bicyclic) bond motifs is 1. The normalized spacial score (nSPS) is 19.5. The molecule has 2 aliphatic rings. The van der Waals surface area contributed by atoms with E-state index in [1.54, 1.807) is 0 Å². The Labute approximate surface area is 150 Å². The predicted molar refractivity (Wildman–Crippen MR) is 96.0 cm³/mol. The van der Waals surface area contributed by atoms with Crippen molar-refractivity contribution in [3.05, 3.63) is 47.0 Å². The van der Waals surface area contributed by atoms with Crippen LogP contribution in [0.2, 0.25) is 5.02 Å². The molecule has 2 aromatic carbocycles. The summed E-state index contributed by atoms with van der Waals surface area (Å²) in [6.07, 6.45) is 0.806. The lowest BCUT2D eigenvalue weighted by Crippen LogP contribution is -2.39. The van der Waals surface area contributed by atoms with E-state index in [1.165, 1.54) is 0 Å². The Hall–Kier alpha value is -2.53. The van der Waals surface area contributed by atoms with Crippen molar-refractivity contribution in [3.63, 3.8) is 0 Å². The average molecular weight is 357 g/mol. The number of hydrogen-bond donors (Lipinski definition) is 2. The van der Waals surface area contributed by atoms with Crippen molar-refractivity contribution in [1.82, 2.24) is 5.32 Å². The van der Waals surface area contributed by atoms with Crippen molar-refractivity contribution >= 4 is 29.1 Å². The first-order valence-corrected chi connectivity index (χ1v) is 8.64. The summed E-state index contributed by atoms with van der Waals surface area (Å²) in [6, 6.07) is 11.6. The van der Waals surface area contributed by atoms with Gasteiger partial charge in [0.25, 0.3) is 0 Å². The van der Waals surface area contributed by atoms with E-state index in [-0.39, 0.29) is 11.8 Å². The van der Waals surface area contributed by atoms with Crippen LogP contribution in [-0.2, 0) is 9.59 Å². The van der Waals surface area contributed by atoms with Gasteiger partial charge in [-0.05, 0) is 29.7 Å². The van der Waals surface area contributed by atoms with Crippen LogP contribution in [0.15, 0.2) is 36.4 Å². The van der Waals surface area contributed by atoms with Gasteiger partial charge in [0.1, 0.15) is 12.4 Å². The summed E-state index contributed by atoms with van der Waals surface area (Å²) in [6.45, 7) is 1.42. The number of piperidine rings is 1. The Kier molecular flexibility index (Phi) is 4.09. The molecule has 1 fully saturated rings. The standard InChI is InChI=1S/C19H17ClN2O3/c20-18-12(11-4-6-15-16(10-11)25-9-8-21-15)2-1-3-13(18)14-5-7-17(23)22-19(14)24/h1-4,6,10,14,21H,5,7-9H2,(H,22,23,24). The molecule has 2 amide bonds. The third-order valence-electron chi connectivity index (χ3n) is 4.61. The number of carbonyl (C=O) groups excluding carboxylic acids is 2. The molecule has 1 saturated heterocycles. The lowest BCUT2D eigenvalue weighted by molar-refractivity contribution is -0.134. The van der Waals surface area contributed by atoms with Gasteiger partial charge in [0.05, 0.1) is 16.6 Å². The fourth-order valence-electron chi connectivity index (χ4n) is 3.33. The Bertz CT molecular complexity index is 866. The van der Waals surface area contributed by atoms with Crippen molar-refractivity contribution in [3.8, 4) is 16.9 Å². The molecule has 0 radical (unpaired) electrons. The minimum absolute atomic E-state index is 0.229.